The van der Waals surface area contributed by atoms with Crippen molar-refractivity contribution in [3.63, 3.8) is 0 Å². The fourth-order valence-corrected chi connectivity index (χ4v) is 1.35. The van der Waals surface area contributed by atoms with Crippen molar-refractivity contribution in [1.82, 2.24) is 16.1 Å². The van der Waals surface area contributed by atoms with Crippen molar-refractivity contribution in [3.8, 4) is 0 Å². The van der Waals surface area contributed by atoms with E-state index in [-0.39, 0.29) is 0 Å². The molecule has 0 aromatic carbocycles. The van der Waals surface area contributed by atoms with Crippen LogP contribution in [-0.2, 0) is 0 Å². The molecule has 0 saturated carbocycles. The van der Waals surface area contributed by atoms with Crippen LogP contribution < -0.4 is 21.8 Å². The van der Waals surface area contributed by atoms with Crippen LogP contribution in [-0.4, -0.2) is 39.3 Å². The highest BCUT2D eigenvalue weighted by Gasteiger charge is 1.91. The van der Waals surface area contributed by atoms with Gasteiger partial charge in [-0.15, -0.1) is 5.53 Å². The minimum absolute atomic E-state index is 0.720. The summed E-state index contributed by atoms with van der Waals surface area (Å²) in [6.45, 7) is 5.57. The molecule has 0 spiro atoms. The maximum atomic E-state index is 8.01. The summed E-state index contributed by atoms with van der Waals surface area (Å²) in [5, 5.41) is 9.93. The molecule has 0 rings (SSSR count). The molecule has 0 atom stereocenters. The van der Waals surface area contributed by atoms with Gasteiger partial charge in [0, 0.05) is 0 Å². The van der Waals surface area contributed by atoms with E-state index in [1.807, 2.05) is 0 Å². The van der Waals surface area contributed by atoms with Crippen LogP contribution in [0.4, 0.5) is 0 Å². The topological polar surface area (TPSA) is 111 Å². The van der Waals surface area contributed by atoms with Crippen LogP contribution in [0.5, 0.6) is 0 Å². The molecule has 0 heterocycles. The fourth-order valence-electron chi connectivity index (χ4n) is 1.35. The zero-order valence-electron chi connectivity index (χ0n) is 10.5. The first-order valence-electron chi connectivity index (χ1n) is 6.30. The second-order valence-corrected chi connectivity index (χ2v) is 3.80. The maximum Gasteiger partial charge on any atom is 0.0871 e. The first-order valence-corrected chi connectivity index (χ1v) is 6.30. The quantitative estimate of drug-likeness (QED) is 0.124. The number of nitrogens with two attached hydrogens (primary N) is 1. The summed E-state index contributed by atoms with van der Waals surface area (Å²) in [5.41, 5.74) is 16.0. The van der Waals surface area contributed by atoms with Crippen LogP contribution in [0, 0.1) is 0 Å². The summed E-state index contributed by atoms with van der Waals surface area (Å²) in [6.07, 6.45) is 4.39. The first kappa shape index (κ1) is 16.0. The lowest BCUT2D eigenvalue weighted by atomic mass is 10.3. The van der Waals surface area contributed by atoms with E-state index in [0.29, 0.717) is 0 Å². The van der Waals surface area contributed by atoms with Gasteiger partial charge in [-0.05, 0) is 63.6 Å². The Morgan fingerprint density at radius 1 is 0.882 bits per heavy atom. The molecule has 0 aliphatic carbocycles. The van der Waals surface area contributed by atoms with Gasteiger partial charge in [-0.3, -0.25) is 5.43 Å². The van der Waals surface area contributed by atoms with E-state index in [2.05, 4.69) is 26.2 Å². The predicted molar refractivity (Wildman–Crippen MR) is 70.4 cm³/mol. The largest absolute Gasteiger partial charge is 0.330 e. The zero-order valence-corrected chi connectivity index (χ0v) is 10.5. The molecule has 100 valence electrons. The summed E-state index contributed by atoms with van der Waals surface area (Å²) < 4.78 is 0. The number of hydrogen-bond acceptors (Lipinski definition) is 4. The van der Waals surface area contributed by atoms with Gasteiger partial charge in [-0.2, -0.15) is 4.91 Å². The SMILES string of the molecule is [N-]=[N+]=NNCCCNCCCCNCCCN. The molecule has 0 amide bonds. The zero-order chi connectivity index (χ0) is 12.6. The van der Waals surface area contributed by atoms with Gasteiger partial charge in [0.2, 0.25) is 0 Å². The second-order valence-electron chi connectivity index (χ2n) is 3.80. The number of azide groups is 1. The number of rotatable bonds is 13. The Bertz CT molecular complexity index is 191. The van der Waals surface area contributed by atoms with E-state index in [1.165, 1.54) is 12.8 Å². The second kappa shape index (κ2) is 15.0. The summed E-state index contributed by atoms with van der Waals surface area (Å²) in [7, 11) is 0. The highest BCUT2D eigenvalue weighted by Crippen LogP contribution is 1.85. The van der Waals surface area contributed by atoms with Gasteiger partial charge >= 0.3 is 0 Å². The van der Waals surface area contributed by atoms with Crippen molar-refractivity contribution < 1.29 is 0 Å². The van der Waals surface area contributed by atoms with Crippen molar-refractivity contribution in [1.29, 1.82) is 0 Å². The Morgan fingerprint density at radius 2 is 1.47 bits per heavy atom. The van der Waals surface area contributed by atoms with Crippen LogP contribution in [0.15, 0.2) is 5.22 Å². The molecular weight excluding hydrogens is 218 g/mol. The third-order valence-corrected chi connectivity index (χ3v) is 2.27. The Morgan fingerprint density at radius 3 is 2.06 bits per heavy atom. The van der Waals surface area contributed by atoms with Gasteiger partial charge in [0.25, 0.3) is 0 Å². The molecule has 0 aliphatic heterocycles. The number of unbranched alkanes of at least 4 members (excludes halogenated alkanes) is 1. The van der Waals surface area contributed by atoms with Crippen LogP contribution in [0.1, 0.15) is 25.7 Å². The Kier molecular flexibility index (Phi) is 14.1. The van der Waals surface area contributed by atoms with Gasteiger partial charge < -0.3 is 16.4 Å². The fraction of sp³-hybridized carbons (Fsp3) is 1.00. The van der Waals surface area contributed by atoms with Crippen LogP contribution in [0.25, 0.3) is 10.4 Å². The normalized spacial score (nSPS) is 9.94. The summed E-state index contributed by atoms with van der Waals surface area (Å²) in [4.78, 5) is 2.60. The molecule has 0 aliphatic rings. The molecule has 0 aromatic heterocycles. The minimum Gasteiger partial charge on any atom is -0.330 e. The summed E-state index contributed by atoms with van der Waals surface area (Å²) >= 11 is 0. The molecule has 0 aromatic rings. The molecule has 5 N–H and O–H groups in total. The third kappa shape index (κ3) is 15.0. The molecule has 7 heteroatoms. The van der Waals surface area contributed by atoms with Crippen molar-refractivity contribution in [2.45, 2.75) is 25.7 Å². The van der Waals surface area contributed by atoms with Crippen LogP contribution in [0.2, 0.25) is 0 Å². The van der Waals surface area contributed by atoms with Crippen molar-refractivity contribution in [2.75, 3.05) is 39.3 Å². The Labute approximate surface area is 103 Å². The van der Waals surface area contributed by atoms with Crippen molar-refractivity contribution >= 4 is 0 Å². The lowest BCUT2D eigenvalue weighted by molar-refractivity contribution is 0.559. The molecule has 0 radical (unpaired) electrons. The summed E-state index contributed by atoms with van der Waals surface area (Å²) in [5.74, 6) is 0. The van der Waals surface area contributed by atoms with Gasteiger partial charge in [-0.25, -0.2) is 0 Å². The van der Waals surface area contributed by atoms with Crippen LogP contribution >= 0.6 is 0 Å². The standard InChI is InChI=1S/C10H25N7/c11-5-3-8-13-6-1-2-7-14-9-4-10-15-17-16-12/h13-15H,1-11H2. The highest BCUT2D eigenvalue weighted by molar-refractivity contribution is 4.53. The van der Waals surface area contributed by atoms with E-state index in [9.17, 15) is 0 Å². The Hall–Kier alpha value is -1.01. The third-order valence-electron chi connectivity index (χ3n) is 2.27. The number of nitrogens with one attached hydrogen (secondary N) is 3. The lowest BCUT2D eigenvalue weighted by Crippen LogP contribution is -2.22. The van der Waals surface area contributed by atoms with Gasteiger partial charge in [0.05, 0.1) is 6.54 Å². The minimum atomic E-state index is 0.720. The lowest BCUT2D eigenvalue weighted by Gasteiger charge is -2.05. The maximum absolute atomic E-state index is 8.01. The van der Waals surface area contributed by atoms with Gasteiger partial charge in [0.15, 0.2) is 0 Å². The molecular formula is C10H25N7. The number of nitrogens with zero attached hydrogens (tertiary/aromatic N) is 3. The van der Waals surface area contributed by atoms with Crippen molar-refractivity contribution in [3.05, 3.63) is 10.4 Å². The Balaban J connectivity index is 2.91. The predicted octanol–water partition coefficient (Wildman–Crippen LogP) is 0.500. The molecule has 7 nitrogen and oxygen atoms in total. The molecule has 0 unspecified atom stereocenters. The number of hydrogen-bond donors (Lipinski definition) is 4. The monoisotopic (exact) mass is 243 g/mol. The van der Waals surface area contributed by atoms with E-state index in [4.69, 9.17) is 11.3 Å². The van der Waals surface area contributed by atoms with Gasteiger partial charge in [0.1, 0.15) is 0 Å². The molecule has 0 saturated heterocycles. The van der Waals surface area contributed by atoms with E-state index >= 15 is 0 Å². The smallest absolute Gasteiger partial charge is 0.0871 e. The molecule has 0 bridgehead atoms. The molecule has 0 fully saturated rings. The molecule has 17 heavy (non-hydrogen) atoms. The van der Waals surface area contributed by atoms with Crippen LogP contribution in [0.3, 0.4) is 0 Å². The van der Waals surface area contributed by atoms with E-state index < -0.39 is 0 Å². The van der Waals surface area contributed by atoms with Gasteiger partial charge in [-0.1, -0.05) is 0 Å². The van der Waals surface area contributed by atoms with Crippen molar-refractivity contribution in [2.24, 2.45) is 11.0 Å². The van der Waals surface area contributed by atoms with E-state index in [0.717, 1.165) is 52.1 Å². The highest BCUT2D eigenvalue weighted by atomic mass is 15.4. The summed E-state index contributed by atoms with van der Waals surface area (Å²) in [6, 6.07) is 0. The van der Waals surface area contributed by atoms with E-state index in [1.54, 1.807) is 0 Å². The first-order chi connectivity index (χ1) is 8.41. The average molecular weight is 243 g/mol. The average Bonchev–Trinajstić information content (AvgIpc) is 2.35.